The van der Waals surface area contributed by atoms with Gasteiger partial charge in [0.25, 0.3) is 0 Å². The minimum absolute atomic E-state index is 0.0453. The lowest BCUT2D eigenvalue weighted by Crippen LogP contribution is -2.48. The standard InChI is InChI=1S/C23H35N3O4/c1-14(2)22(29)20(9-10-24)26-23(30)17(15(3)27)11-21(28)19-13-25-12-18(19)16-7-5-4-6-8-16/h4-8,14-15,17-20,25,27H,9-13,24H2,1-3H3,(H,26,30)/t15-,17-,18+,19?,20-/m0/s1. The van der Waals surface area contributed by atoms with E-state index >= 15 is 0 Å². The van der Waals surface area contributed by atoms with Crippen LogP contribution in [0.1, 0.15) is 45.1 Å². The van der Waals surface area contributed by atoms with Crippen molar-refractivity contribution in [3.63, 3.8) is 0 Å². The summed E-state index contributed by atoms with van der Waals surface area (Å²) in [5.41, 5.74) is 6.69. The van der Waals surface area contributed by atoms with Crippen LogP contribution in [0.25, 0.3) is 0 Å². The molecule has 1 aromatic carbocycles. The van der Waals surface area contributed by atoms with Gasteiger partial charge < -0.3 is 21.5 Å². The quantitative estimate of drug-likeness (QED) is 0.426. The Kier molecular flexibility index (Phi) is 9.14. The number of aliphatic hydroxyl groups excluding tert-OH is 1. The van der Waals surface area contributed by atoms with Gasteiger partial charge in [-0.3, -0.25) is 14.4 Å². The number of carbonyl (C=O) groups is 3. The molecule has 1 unspecified atom stereocenters. The van der Waals surface area contributed by atoms with Gasteiger partial charge in [-0.15, -0.1) is 0 Å². The van der Waals surface area contributed by atoms with E-state index in [2.05, 4.69) is 10.6 Å². The lowest BCUT2D eigenvalue weighted by Gasteiger charge is -2.25. The smallest absolute Gasteiger partial charge is 0.226 e. The molecule has 1 aromatic rings. The summed E-state index contributed by atoms with van der Waals surface area (Å²) in [6.45, 7) is 6.55. The van der Waals surface area contributed by atoms with Crippen LogP contribution in [0.5, 0.6) is 0 Å². The molecule has 1 fully saturated rings. The van der Waals surface area contributed by atoms with E-state index in [1.165, 1.54) is 6.92 Å². The van der Waals surface area contributed by atoms with Crippen LogP contribution in [-0.2, 0) is 14.4 Å². The third-order valence-electron chi connectivity index (χ3n) is 5.88. The van der Waals surface area contributed by atoms with Crippen molar-refractivity contribution in [1.29, 1.82) is 0 Å². The maximum absolute atomic E-state index is 13.1. The number of ketones is 2. The maximum atomic E-state index is 13.1. The Morgan fingerprint density at radius 3 is 2.40 bits per heavy atom. The summed E-state index contributed by atoms with van der Waals surface area (Å²) in [6, 6.07) is 9.14. The summed E-state index contributed by atoms with van der Waals surface area (Å²) >= 11 is 0. The molecule has 7 heteroatoms. The molecule has 0 saturated carbocycles. The van der Waals surface area contributed by atoms with Gasteiger partial charge in [0, 0.05) is 37.3 Å². The van der Waals surface area contributed by atoms with Crippen LogP contribution < -0.4 is 16.4 Å². The van der Waals surface area contributed by atoms with Gasteiger partial charge in [-0.2, -0.15) is 0 Å². The number of hydrogen-bond donors (Lipinski definition) is 4. The van der Waals surface area contributed by atoms with E-state index in [9.17, 15) is 19.5 Å². The Balaban J connectivity index is 2.09. The molecule has 5 atom stereocenters. The first-order valence-electron chi connectivity index (χ1n) is 10.8. The predicted molar refractivity (Wildman–Crippen MR) is 116 cm³/mol. The Hall–Kier alpha value is -2.09. The first-order valence-corrected chi connectivity index (χ1v) is 10.8. The van der Waals surface area contributed by atoms with Crippen molar-refractivity contribution in [2.75, 3.05) is 19.6 Å². The Morgan fingerprint density at radius 1 is 1.17 bits per heavy atom. The molecule has 0 aromatic heterocycles. The molecule has 0 bridgehead atoms. The number of hydrogen-bond acceptors (Lipinski definition) is 6. The van der Waals surface area contributed by atoms with Crippen LogP contribution in [0.2, 0.25) is 0 Å². The van der Waals surface area contributed by atoms with Crippen LogP contribution >= 0.6 is 0 Å². The van der Waals surface area contributed by atoms with Gasteiger partial charge in [0.15, 0.2) is 5.78 Å². The second kappa shape index (κ2) is 11.3. The molecular weight excluding hydrogens is 382 g/mol. The lowest BCUT2D eigenvalue weighted by molar-refractivity contribution is -0.136. The number of carbonyl (C=O) groups excluding carboxylic acids is 3. The molecule has 2 rings (SSSR count). The summed E-state index contributed by atoms with van der Waals surface area (Å²) in [5, 5.41) is 16.2. The summed E-state index contributed by atoms with van der Waals surface area (Å²) in [5.74, 6) is -2.00. The van der Waals surface area contributed by atoms with Crippen molar-refractivity contribution in [2.24, 2.45) is 23.5 Å². The van der Waals surface area contributed by atoms with Gasteiger partial charge in [-0.05, 0) is 25.5 Å². The van der Waals surface area contributed by atoms with Crippen molar-refractivity contribution >= 4 is 17.5 Å². The zero-order valence-corrected chi connectivity index (χ0v) is 18.1. The number of rotatable bonds is 11. The highest BCUT2D eigenvalue weighted by Gasteiger charge is 2.37. The van der Waals surface area contributed by atoms with E-state index in [4.69, 9.17) is 5.73 Å². The minimum Gasteiger partial charge on any atom is -0.393 e. The van der Waals surface area contributed by atoms with Crippen LogP contribution in [-0.4, -0.2) is 54.4 Å². The summed E-state index contributed by atoms with van der Waals surface area (Å²) in [6.07, 6.45) is -0.748. The van der Waals surface area contributed by atoms with Gasteiger partial charge >= 0.3 is 0 Å². The number of amides is 1. The van der Waals surface area contributed by atoms with E-state index in [0.717, 1.165) is 5.56 Å². The minimum atomic E-state index is -1.01. The fourth-order valence-electron chi connectivity index (χ4n) is 4.05. The van der Waals surface area contributed by atoms with Crippen LogP contribution in [0, 0.1) is 17.8 Å². The fourth-order valence-corrected chi connectivity index (χ4v) is 4.05. The number of nitrogens with two attached hydrogens (primary N) is 1. The van der Waals surface area contributed by atoms with Gasteiger partial charge in [0.1, 0.15) is 5.78 Å². The molecule has 0 aliphatic carbocycles. The average Bonchev–Trinajstić information content (AvgIpc) is 3.21. The molecule has 30 heavy (non-hydrogen) atoms. The zero-order chi connectivity index (χ0) is 22.3. The average molecular weight is 418 g/mol. The van der Waals surface area contributed by atoms with Crippen molar-refractivity contribution in [3.8, 4) is 0 Å². The van der Waals surface area contributed by atoms with Crippen LogP contribution in [0.15, 0.2) is 30.3 Å². The predicted octanol–water partition coefficient (Wildman–Crippen LogP) is 1.00. The molecule has 5 N–H and O–H groups in total. The van der Waals surface area contributed by atoms with Gasteiger partial charge in [-0.1, -0.05) is 44.2 Å². The molecule has 1 amide bonds. The number of nitrogens with one attached hydrogen (secondary N) is 2. The van der Waals surface area contributed by atoms with Gasteiger partial charge in [-0.25, -0.2) is 0 Å². The number of Topliss-reactive ketones (excluding diaryl/α,β-unsaturated/α-hetero) is 2. The number of aliphatic hydroxyl groups is 1. The third-order valence-corrected chi connectivity index (χ3v) is 5.88. The normalized spacial score (nSPS) is 21.8. The molecule has 1 aliphatic rings. The molecule has 1 saturated heterocycles. The van der Waals surface area contributed by atoms with Crippen molar-refractivity contribution in [1.82, 2.24) is 10.6 Å². The molecule has 7 nitrogen and oxygen atoms in total. The maximum Gasteiger partial charge on any atom is 0.226 e. The Labute approximate surface area is 178 Å². The highest BCUT2D eigenvalue weighted by atomic mass is 16.3. The molecule has 1 aliphatic heterocycles. The zero-order valence-electron chi connectivity index (χ0n) is 18.1. The Bertz CT molecular complexity index is 720. The first-order chi connectivity index (χ1) is 14.3. The van der Waals surface area contributed by atoms with Gasteiger partial charge in [0.05, 0.1) is 18.1 Å². The van der Waals surface area contributed by atoms with E-state index in [-0.39, 0.29) is 42.3 Å². The molecule has 0 spiro atoms. The largest absolute Gasteiger partial charge is 0.393 e. The van der Waals surface area contributed by atoms with E-state index in [1.807, 2.05) is 30.3 Å². The van der Waals surface area contributed by atoms with Crippen LogP contribution in [0.3, 0.4) is 0 Å². The number of benzene rings is 1. The molecular formula is C23H35N3O4. The van der Waals surface area contributed by atoms with Crippen molar-refractivity contribution in [2.45, 2.75) is 51.7 Å². The van der Waals surface area contributed by atoms with E-state index in [1.54, 1.807) is 13.8 Å². The van der Waals surface area contributed by atoms with Crippen molar-refractivity contribution in [3.05, 3.63) is 35.9 Å². The molecule has 0 radical (unpaired) electrons. The summed E-state index contributed by atoms with van der Waals surface area (Å²) in [4.78, 5) is 38.3. The second-order valence-electron chi connectivity index (χ2n) is 8.50. The Morgan fingerprint density at radius 2 is 1.83 bits per heavy atom. The van der Waals surface area contributed by atoms with E-state index < -0.39 is 24.0 Å². The van der Waals surface area contributed by atoms with Crippen LogP contribution in [0.4, 0.5) is 0 Å². The lowest BCUT2D eigenvalue weighted by atomic mass is 9.82. The SMILES string of the molecule is CC(C)C(=O)[C@H](CCN)NC(=O)[C@@H](CC(=O)C1CNC[C@@H]1c1ccccc1)[C@H](C)O. The summed E-state index contributed by atoms with van der Waals surface area (Å²) < 4.78 is 0. The van der Waals surface area contributed by atoms with E-state index in [0.29, 0.717) is 19.5 Å². The monoisotopic (exact) mass is 417 g/mol. The second-order valence-corrected chi connectivity index (χ2v) is 8.50. The third kappa shape index (κ3) is 6.20. The first kappa shape index (κ1) is 24.2. The molecule has 166 valence electrons. The van der Waals surface area contributed by atoms with Crippen molar-refractivity contribution < 1.29 is 19.5 Å². The highest BCUT2D eigenvalue weighted by Crippen LogP contribution is 2.30. The highest BCUT2D eigenvalue weighted by molar-refractivity contribution is 5.93. The van der Waals surface area contributed by atoms with Gasteiger partial charge in [0.2, 0.25) is 5.91 Å². The topological polar surface area (TPSA) is 122 Å². The summed E-state index contributed by atoms with van der Waals surface area (Å²) in [7, 11) is 0. The molecule has 1 heterocycles. The fraction of sp³-hybridized carbons (Fsp3) is 0.609.